The van der Waals surface area contributed by atoms with Crippen LogP contribution in [-0.2, 0) is 6.42 Å². The van der Waals surface area contributed by atoms with E-state index in [2.05, 4.69) is 36.4 Å². The van der Waals surface area contributed by atoms with E-state index in [9.17, 15) is 5.11 Å². The molecule has 1 heterocycles. The van der Waals surface area contributed by atoms with Crippen molar-refractivity contribution in [1.82, 2.24) is 4.90 Å². The average Bonchev–Trinajstić information content (AvgIpc) is 2.70. The lowest BCUT2D eigenvalue weighted by molar-refractivity contribution is 0.105. The molecule has 15 heavy (non-hydrogen) atoms. The predicted octanol–water partition coefficient (Wildman–Crippen LogP) is 2.38. The molecule has 0 saturated carbocycles. The van der Waals surface area contributed by atoms with Crippen molar-refractivity contribution in [3.8, 4) is 0 Å². The first-order valence-corrected chi connectivity index (χ1v) is 6.42. The summed E-state index contributed by atoms with van der Waals surface area (Å²) in [6.07, 6.45) is 1.71. The lowest BCUT2D eigenvalue weighted by Gasteiger charge is -2.26. The molecule has 0 saturated heterocycles. The second-order valence-electron chi connectivity index (χ2n) is 4.13. The Morgan fingerprint density at radius 1 is 1.53 bits per heavy atom. The number of hydrogen-bond acceptors (Lipinski definition) is 3. The topological polar surface area (TPSA) is 23.5 Å². The molecule has 2 atom stereocenters. The smallest absolute Gasteiger partial charge is 0.0664 e. The molecule has 0 fully saturated rings. The molecule has 0 bridgehead atoms. The highest BCUT2D eigenvalue weighted by Gasteiger charge is 2.13. The van der Waals surface area contributed by atoms with Gasteiger partial charge in [0.25, 0.3) is 0 Å². The maximum absolute atomic E-state index is 9.56. The third-order valence-corrected chi connectivity index (χ3v) is 3.70. The molecule has 2 unspecified atom stereocenters. The Morgan fingerprint density at radius 2 is 2.27 bits per heavy atom. The molecule has 2 nitrogen and oxygen atoms in total. The van der Waals surface area contributed by atoms with E-state index in [1.807, 2.05) is 6.92 Å². The molecular weight excluding hydrogens is 206 g/mol. The van der Waals surface area contributed by atoms with Crippen LogP contribution in [-0.4, -0.2) is 35.7 Å². The summed E-state index contributed by atoms with van der Waals surface area (Å²) in [4.78, 5) is 3.65. The first kappa shape index (κ1) is 12.7. The highest BCUT2D eigenvalue weighted by atomic mass is 32.1. The summed E-state index contributed by atoms with van der Waals surface area (Å²) in [6, 6.07) is 4.75. The Balaban J connectivity index is 2.36. The van der Waals surface area contributed by atoms with E-state index >= 15 is 0 Å². The van der Waals surface area contributed by atoms with Crippen LogP contribution in [0.4, 0.5) is 0 Å². The molecule has 0 amide bonds. The fourth-order valence-electron chi connectivity index (χ4n) is 1.52. The minimum Gasteiger partial charge on any atom is -0.392 e. The lowest BCUT2D eigenvalue weighted by atomic mass is 10.1. The van der Waals surface area contributed by atoms with Gasteiger partial charge in [0.1, 0.15) is 0 Å². The summed E-state index contributed by atoms with van der Waals surface area (Å²) in [5, 5.41) is 11.7. The van der Waals surface area contributed by atoms with Crippen LogP contribution in [0, 0.1) is 0 Å². The van der Waals surface area contributed by atoms with Crippen LogP contribution in [0.1, 0.15) is 25.1 Å². The average molecular weight is 227 g/mol. The second-order valence-corrected chi connectivity index (χ2v) is 5.17. The third kappa shape index (κ3) is 4.33. The van der Waals surface area contributed by atoms with Gasteiger partial charge in [-0.2, -0.15) is 0 Å². The van der Waals surface area contributed by atoms with Gasteiger partial charge in [-0.1, -0.05) is 13.0 Å². The summed E-state index contributed by atoms with van der Waals surface area (Å²) in [5.74, 6) is 0. The second kappa shape index (κ2) is 6.26. The Kier molecular flexibility index (Phi) is 5.29. The van der Waals surface area contributed by atoms with Gasteiger partial charge in [-0.15, -0.1) is 11.3 Å². The third-order valence-electron chi connectivity index (χ3n) is 2.80. The highest BCUT2D eigenvalue weighted by Crippen LogP contribution is 2.13. The van der Waals surface area contributed by atoms with Crippen LogP contribution in [0.3, 0.4) is 0 Å². The molecule has 1 aromatic rings. The number of rotatable bonds is 6. The minimum absolute atomic E-state index is 0.194. The zero-order valence-electron chi connectivity index (χ0n) is 9.81. The van der Waals surface area contributed by atoms with Crippen molar-refractivity contribution in [1.29, 1.82) is 0 Å². The van der Waals surface area contributed by atoms with Crippen molar-refractivity contribution in [3.05, 3.63) is 22.4 Å². The Hall–Kier alpha value is -0.380. The molecule has 0 aliphatic rings. The van der Waals surface area contributed by atoms with Gasteiger partial charge in [0.2, 0.25) is 0 Å². The van der Waals surface area contributed by atoms with Crippen molar-refractivity contribution in [3.63, 3.8) is 0 Å². The number of thiophene rings is 1. The van der Waals surface area contributed by atoms with Gasteiger partial charge < -0.3 is 10.0 Å². The number of aliphatic hydroxyl groups excluding tert-OH is 1. The fraction of sp³-hybridized carbons (Fsp3) is 0.667. The van der Waals surface area contributed by atoms with Crippen LogP contribution in [0.5, 0.6) is 0 Å². The number of aliphatic hydroxyl groups is 1. The van der Waals surface area contributed by atoms with Crippen molar-refractivity contribution in [2.24, 2.45) is 0 Å². The molecule has 3 heteroatoms. The highest BCUT2D eigenvalue weighted by molar-refractivity contribution is 7.09. The molecule has 86 valence electrons. The van der Waals surface area contributed by atoms with Gasteiger partial charge in [0, 0.05) is 17.5 Å². The predicted molar refractivity (Wildman–Crippen MR) is 66.4 cm³/mol. The van der Waals surface area contributed by atoms with Crippen molar-refractivity contribution < 1.29 is 5.11 Å². The molecule has 0 spiro atoms. The van der Waals surface area contributed by atoms with E-state index < -0.39 is 0 Å². The van der Waals surface area contributed by atoms with E-state index in [4.69, 9.17) is 0 Å². The Morgan fingerprint density at radius 3 is 2.80 bits per heavy atom. The lowest BCUT2D eigenvalue weighted by Crippen LogP contribution is -2.36. The Labute approximate surface area is 96.5 Å². The van der Waals surface area contributed by atoms with Crippen LogP contribution in [0.25, 0.3) is 0 Å². The van der Waals surface area contributed by atoms with Crippen molar-refractivity contribution in [2.75, 3.05) is 13.6 Å². The molecular formula is C12H21NOS. The van der Waals surface area contributed by atoms with Crippen LogP contribution in [0.15, 0.2) is 17.5 Å². The summed E-state index contributed by atoms with van der Waals surface area (Å²) in [5.41, 5.74) is 0. The monoisotopic (exact) mass is 227 g/mol. The summed E-state index contributed by atoms with van der Waals surface area (Å²) < 4.78 is 0. The maximum Gasteiger partial charge on any atom is 0.0664 e. The van der Waals surface area contributed by atoms with Gasteiger partial charge in [-0.05, 0) is 38.3 Å². The molecule has 1 aromatic heterocycles. The molecule has 0 radical (unpaired) electrons. The van der Waals surface area contributed by atoms with Gasteiger partial charge in [0.05, 0.1) is 6.10 Å². The summed E-state index contributed by atoms with van der Waals surface area (Å²) in [6.45, 7) is 4.99. The van der Waals surface area contributed by atoms with E-state index in [1.165, 1.54) is 4.88 Å². The van der Waals surface area contributed by atoms with E-state index in [-0.39, 0.29) is 6.10 Å². The SMILES string of the molecule is CCC(O)CN(C)C(C)Cc1cccs1. The van der Waals surface area contributed by atoms with Crippen LogP contribution in [0.2, 0.25) is 0 Å². The summed E-state index contributed by atoms with van der Waals surface area (Å²) in [7, 11) is 2.08. The number of nitrogens with zero attached hydrogens (tertiary/aromatic N) is 1. The Bertz CT molecular complexity index is 261. The zero-order chi connectivity index (χ0) is 11.3. The van der Waals surface area contributed by atoms with Gasteiger partial charge in [-0.25, -0.2) is 0 Å². The maximum atomic E-state index is 9.56. The minimum atomic E-state index is -0.194. The molecule has 1 N–H and O–H groups in total. The number of likely N-dealkylation sites (N-methyl/N-ethyl adjacent to an activating group) is 1. The standard InChI is InChI=1S/C12H21NOS/c1-4-11(14)9-13(3)10(2)8-12-6-5-7-15-12/h5-7,10-11,14H,4,8-9H2,1-3H3. The van der Waals surface area contributed by atoms with Gasteiger partial charge in [0.15, 0.2) is 0 Å². The first-order chi connectivity index (χ1) is 7.13. The van der Waals surface area contributed by atoms with Crippen LogP contribution >= 0.6 is 11.3 Å². The zero-order valence-corrected chi connectivity index (χ0v) is 10.6. The molecule has 0 aliphatic heterocycles. The van der Waals surface area contributed by atoms with Gasteiger partial charge >= 0.3 is 0 Å². The largest absolute Gasteiger partial charge is 0.392 e. The fourth-order valence-corrected chi connectivity index (χ4v) is 2.34. The number of hydrogen-bond donors (Lipinski definition) is 1. The van der Waals surface area contributed by atoms with Gasteiger partial charge in [-0.3, -0.25) is 0 Å². The normalized spacial score (nSPS) is 15.5. The van der Waals surface area contributed by atoms with E-state index in [0.717, 1.165) is 19.4 Å². The van der Waals surface area contributed by atoms with Crippen molar-refractivity contribution >= 4 is 11.3 Å². The molecule has 0 aliphatic carbocycles. The first-order valence-electron chi connectivity index (χ1n) is 5.54. The quantitative estimate of drug-likeness (QED) is 0.806. The van der Waals surface area contributed by atoms with Crippen LogP contribution < -0.4 is 0 Å². The molecule has 1 rings (SSSR count). The van der Waals surface area contributed by atoms with E-state index in [0.29, 0.717) is 6.04 Å². The summed E-state index contributed by atoms with van der Waals surface area (Å²) >= 11 is 1.80. The van der Waals surface area contributed by atoms with Crippen molar-refractivity contribution in [2.45, 2.75) is 38.8 Å². The molecule has 0 aromatic carbocycles. The van der Waals surface area contributed by atoms with E-state index in [1.54, 1.807) is 11.3 Å².